The fourth-order valence-electron chi connectivity index (χ4n) is 15.8. The Balaban J connectivity index is 0.000000185. The molecular weight excluding hydrogens is 1540 g/mol. The summed E-state index contributed by atoms with van der Waals surface area (Å²) in [6.45, 7) is 4.96. The van der Waals surface area contributed by atoms with E-state index in [1.807, 2.05) is 170 Å². The summed E-state index contributed by atoms with van der Waals surface area (Å²) in [5.41, 5.74) is 2.52. The molecule has 33 heteroatoms. The molecule has 3 fully saturated rings. The number of aromatic nitrogens is 6. The highest BCUT2D eigenvalue weighted by atomic mass is 19.2. The number of allylic oxidation sites excluding steroid dienone is 1. The average Bonchev–Trinajstić information content (AvgIpc) is 1.64. The van der Waals surface area contributed by atoms with Crippen LogP contribution in [0.15, 0.2) is 233 Å². The highest BCUT2D eigenvalue weighted by Crippen LogP contribution is 2.54. The van der Waals surface area contributed by atoms with Crippen molar-refractivity contribution in [3.8, 4) is 11.5 Å². The predicted octanol–water partition coefficient (Wildman–Crippen LogP) is 9.27. The van der Waals surface area contributed by atoms with Crippen LogP contribution in [0.2, 0.25) is 0 Å². The lowest BCUT2D eigenvalue weighted by atomic mass is 9.77. The molecule has 0 amide bonds. The molecule has 0 saturated carbocycles. The van der Waals surface area contributed by atoms with Crippen molar-refractivity contribution in [2.24, 2.45) is 16.6 Å². The van der Waals surface area contributed by atoms with Gasteiger partial charge in [-0.15, -0.1) is 0 Å². The number of nitrogens with zero attached hydrogens (tertiary/aromatic N) is 7. The maximum atomic E-state index is 16.5. The van der Waals surface area contributed by atoms with Crippen LogP contribution in [0.5, 0.6) is 11.5 Å². The number of imidazole rings is 1. The van der Waals surface area contributed by atoms with E-state index in [0.29, 0.717) is 17.1 Å². The number of carbonyl (C=O) groups excluding carboxylic acids is 2. The first kappa shape index (κ1) is 87.8. The van der Waals surface area contributed by atoms with E-state index in [2.05, 4.69) is 41.2 Å². The monoisotopic (exact) mass is 1640 g/mol. The molecule has 630 valence electrons. The number of hydrogen-bond acceptors (Lipinski definition) is 27. The summed E-state index contributed by atoms with van der Waals surface area (Å²) in [4.78, 5) is 78.8. The van der Waals surface area contributed by atoms with Gasteiger partial charge in [0.05, 0.1) is 51.8 Å². The minimum absolute atomic E-state index is 0. The van der Waals surface area contributed by atoms with E-state index in [0.717, 1.165) is 33.4 Å². The van der Waals surface area contributed by atoms with E-state index in [1.165, 1.54) is 34.5 Å². The number of nitrogens with one attached hydrogen (secondary N) is 6. The van der Waals surface area contributed by atoms with Crippen molar-refractivity contribution in [2.45, 2.75) is 146 Å². The summed E-state index contributed by atoms with van der Waals surface area (Å²) >= 11 is 0. The number of Topliss-reactive ketones (excluding diaryl/α,β-unsaturated/α-hetero) is 1. The molecule has 0 unspecified atom stereocenters. The Morgan fingerprint density at radius 3 is 1.44 bits per heavy atom. The van der Waals surface area contributed by atoms with Gasteiger partial charge in [-0.3, -0.25) is 28.9 Å². The molecule has 6 aliphatic rings. The van der Waals surface area contributed by atoms with Gasteiger partial charge in [-0.2, -0.15) is 9.97 Å². The van der Waals surface area contributed by atoms with Crippen LogP contribution in [-0.4, -0.2) is 182 Å². The van der Waals surface area contributed by atoms with Gasteiger partial charge in [-0.1, -0.05) is 200 Å². The van der Waals surface area contributed by atoms with Gasteiger partial charge >= 0.3 is 5.97 Å². The number of ketones is 1. The minimum atomic E-state index is -2.91. The number of anilines is 4. The molecule has 14 N–H and O–H groups in total. The third-order valence-corrected chi connectivity index (χ3v) is 22.2. The smallest absolute Gasteiger partial charge is 0.338 e. The Bertz CT molecular complexity index is 5350. The molecule has 6 aliphatic heterocycles. The number of benzene rings is 7. The fraction of sp³-hybridized carbons (Fsp3) is 0.349. The number of H-pyrrole nitrogens is 2. The molecule has 12 atom stereocenters. The van der Waals surface area contributed by atoms with Crippen LogP contribution in [0.25, 0.3) is 11.2 Å². The molecule has 0 bridgehead atoms. The van der Waals surface area contributed by atoms with Gasteiger partial charge in [0.25, 0.3) is 22.8 Å². The van der Waals surface area contributed by atoms with Crippen molar-refractivity contribution in [2.75, 3.05) is 61.6 Å². The molecule has 0 spiro atoms. The number of aliphatic hydroxyl groups excluding tert-OH is 4. The lowest BCUT2D eigenvalue weighted by Crippen LogP contribution is -2.54. The molecule has 7 aromatic carbocycles. The number of aromatic amines is 2. The van der Waals surface area contributed by atoms with Gasteiger partial charge in [0.15, 0.2) is 52.9 Å². The van der Waals surface area contributed by atoms with Crippen LogP contribution in [0.3, 0.4) is 0 Å². The molecule has 3 saturated heterocycles. The molecule has 10 aromatic rings. The van der Waals surface area contributed by atoms with Crippen molar-refractivity contribution < 1.29 is 81.8 Å². The first-order valence-corrected chi connectivity index (χ1v) is 37.2. The second-order valence-corrected chi connectivity index (χ2v) is 29.4. The number of alkyl halides is 3. The summed E-state index contributed by atoms with van der Waals surface area (Å²) in [6.07, 6.45) is -6.75. The van der Waals surface area contributed by atoms with Crippen LogP contribution in [-0.2, 0) is 34.8 Å². The van der Waals surface area contributed by atoms with Gasteiger partial charge < -0.3 is 95.9 Å². The number of amidine groups is 1. The number of fused-ring (bicyclic) bond motifs is 2. The molecule has 16 rings (SSSR count). The second-order valence-electron chi connectivity index (χ2n) is 29.4. The Kier molecular flexibility index (Phi) is 25.2. The number of halogens is 3. The highest BCUT2D eigenvalue weighted by molar-refractivity contribution is 6.11. The Labute approximate surface area is 684 Å². The zero-order chi connectivity index (χ0) is 82.5. The topological polar surface area (TPSA) is 413 Å². The number of hydrogen-bond donors (Lipinski definition) is 13. The zero-order valence-electron chi connectivity index (χ0n) is 63.9. The number of nitrogens with two attached hydrogens (primary N) is 1. The lowest BCUT2D eigenvalue weighted by molar-refractivity contribution is -0.213. The minimum Gasteiger partial charge on any atom is -0.497 e. The lowest BCUT2D eigenvalue weighted by Gasteiger charge is -2.37. The van der Waals surface area contributed by atoms with Crippen LogP contribution in [0, 0.1) is 5.92 Å². The molecular formula is C86H99F3N14O16. The highest BCUT2D eigenvalue weighted by Gasteiger charge is 2.67. The fourth-order valence-corrected chi connectivity index (χ4v) is 15.8. The normalized spacial score (nSPS) is 26.0. The van der Waals surface area contributed by atoms with Crippen molar-refractivity contribution in [1.82, 2.24) is 39.7 Å². The van der Waals surface area contributed by atoms with Crippen LogP contribution >= 0.6 is 0 Å². The van der Waals surface area contributed by atoms with Crippen molar-refractivity contribution in [3.05, 3.63) is 278 Å². The number of rotatable bonds is 20. The number of carbonyl (C=O) groups is 2. The summed E-state index contributed by atoms with van der Waals surface area (Å²) < 4.78 is 81.0. The van der Waals surface area contributed by atoms with Crippen LogP contribution in [0.1, 0.15) is 120 Å². The predicted molar refractivity (Wildman–Crippen MR) is 440 cm³/mol. The summed E-state index contributed by atoms with van der Waals surface area (Å²) in [7, 11) is 3.20. The van der Waals surface area contributed by atoms with E-state index in [4.69, 9.17) is 49.2 Å². The Morgan fingerprint density at radius 2 is 1.00 bits per heavy atom. The maximum absolute atomic E-state index is 16.5. The van der Waals surface area contributed by atoms with Crippen molar-refractivity contribution >= 4 is 52.2 Å². The van der Waals surface area contributed by atoms with Gasteiger partial charge in [-0.05, 0) is 90.6 Å². The molecule has 0 radical (unpaired) electrons. The third-order valence-electron chi connectivity index (χ3n) is 22.2. The summed E-state index contributed by atoms with van der Waals surface area (Å²) in [6, 6.07) is 62.6. The number of aliphatic imine (C=N–C) groups is 1. The van der Waals surface area contributed by atoms with Gasteiger partial charge in [0.1, 0.15) is 76.4 Å². The zero-order valence-corrected chi connectivity index (χ0v) is 63.9. The van der Waals surface area contributed by atoms with Crippen molar-refractivity contribution in [3.63, 3.8) is 0 Å². The number of ether oxygens (including phenoxy) is 6. The summed E-state index contributed by atoms with van der Waals surface area (Å²) in [5, 5.41) is 73.2. The molecule has 30 nitrogen and oxygen atoms in total. The molecule has 3 aromatic heterocycles. The van der Waals surface area contributed by atoms with E-state index >= 15 is 8.78 Å². The van der Waals surface area contributed by atoms with E-state index in [1.54, 1.807) is 65.3 Å². The maximum Gasteiger partial charge on any atom is 0.338 e. The molecule has 0 aliphatic carbocycles. The van der Waals surface area contributed by atoms with Gasteiger partial charge in [0.2, 0.25) is 17.8 Å². The SMILES string of the molecule is C.C.C.CC[C@@]1(F)O[C@@H](n2cnc3c(=O)[nH]c(NC(c4ccccc4)(c4ccccc4)c4ccc(OC)cc4)nc32)[C@](C)(OC(=O)c2ccccc2)[C@@H]1C.COc1ccc(C(Nc2nc3c(c(=O)[nH]2)NCN3[C@@H]2O[C@](F)(CO)[C@@H](O)[C@@]2(C)O)(c2ccccc2)c2ccccc2)cc1.C[C@]1(O)[C@H](N2CNC3=C2N=C(N)CC3=O)O[C@](F)(CO)[C@H]1O. The number of methoxy groups -OCH3 is 2. The Morgan fingerprint density at radius 1 is 0.588 bits per heavy atom. The standard InChI is InChI=1S/C40H38FN5O5.C31H32FN5O6.C12H17FN4O5.3CH4/c1-5-39(41)26(2)38(3,50-35(48)27-15-9-6-10-16-27)36(51-39)46-25-42-32-33(46)43-37(44-34(32)47)45-40(28-17-11-7-12-18-28,29-19-13-8-14-20-29)30-21-23-31(49-4)24-22-30;1-29(41)26(40)30(32,17-38)43-27(29)37-18-33-23-24(37)34-28(35-25(23)39)36-31(19-9-5-3-6-10-19,20-11-7-4-8-12-20)21-13-15-22(42-2)16-14-21;1-11(21)9(20)12(13,3-18)22-10(11)17-4-15-7-5(19)2-6(14)16-8(7)17;;;/h6-26,36H,5H2,1-4H3,(H2,43,44,45,47);3-16,26-27,33,38,40-41H,17-18H2,1-2H3,(H2,34,35,36,39);9-10,15,18,20-21H,2-4H2,1H3,(H2,14,16);3*1H4/t26-,36+,38+,39+;26-,27+,29+,30+;9-,10+,11+,12+;;;/m000.../s1. The van der Waals surface area contributed by atoms with E-state index in [-0.39, 0.29) is 106 Å². The van der Waals surface area contributed by atoms with E-state index < -0.39 is 113 Å². The molecule has 119 heavy (non-hydrogen) atoms. The second kappa shape index (κ2) is 34.1. The van der Waals surface area contributed by atoms with Crippen LogP contribution < -0.4 is 52.5 Å². The van der Waals surface area contributed by atoms with Gasteiger partial charge in [0, 0.05) is 6.42 Å². The largest absolute Gasteiger partial charge is 0.497 e. The molecule has 9 heterocycles. The van der Waals surface area contributed by atoms with E-state index in [9.17, 15) is 49.1 Å². The third kappa shape index (κ3) is 15.5. The average molecular weight is 1640 g/mol. The number of aliphatic hydroxyl groups is 6. The van der Waals surface area contributed by atoms with Gasteiger partial charge in [-0.25, -0.2) is 27.9 Å². The van der Waals surface area contributed by atoms with Crippen molar-refractivity contribution in [1.29, 1.82) is 0 Å². The first-order valence-electron chi connectivity index (χ1n) is 37.2. The van der Waals surface area contributed by atoms with Crippen LogP contribution in [0.4, 0.5) is 36.6 Å². The number of esters is 1. The summed E-state index contributed by atoms with van der Waals surface area (Å²) in [5.74, 6) is -7.87. The first-order chi connectivity index (χ1) is 55.5. The quantitative estimate of drug-likeness (QED) is 0.0249. The Hall–Kier alpha value is -12.1.